The molecule has 1 atom stereocenters. The van der Waals surface area contributed by atoms with Crippen molar-refractivity contribution in [2.75, 3.05) is 13.2 Å². The van der Waals surface area contributed by atoms with E-state index < -0.39 is 14.4 Å². The van der Waals surface area contributed by atoms with Crippen molar-refractivity contribution in [3.05, 3.63) is 60.7 Å². The number of Topliss-reactive ketones (excluding diaryl/α,β-unsaturated/α-hetero) is 1. The standard InChI is InChI=1S/C20H24O3Si/c1-20(2,3)24(16-10-6-4-7-11-16,17-12-8-5-9-13-17)23-19-15-22-14-18(19)21/h4-13,19H,14-15H2,1-3H3. The number of rotatable bonds is 4. The van der Waals surface area contributed by atoms with Crippen molar-refractivity contribution in [3.8, 4) is 0 Å². The first-order valence-corrected chi connectivity index (χ1v) is 10.3. The molecule has 1 aliphatic rings. The minimum Gasteiger partial charge on any atom is -0.395 e. The predicted molar refractivity (Wildman–Crippen MR) is 98.3 cm³/mol. The topological polar surface area (TPSA) is 35.5 Å². The molecule has 1 heterocycles. The lowest BCUT2D eigenvalue weighted by Gasteiger charge is -2.44. The highest BCUT2D eigenvalue weighted by atomic mass is 28.4. The smallest absolute Gasteiger partial charge is 0.262 e. The summed E-state index contributed by atoms with van der Waals surface area (Å²) < 4.78 is 12.1. The average Bonchev–Trinajstić information content (AvgIpc) is 2.98. The van der Waals surface area contributed by atoms with Gasteiger partial charge < -0.3 is 9.16 Å². The van der Waals surface area contributed by atoms with Crippen LogP contribution < -0.4 is 10.4 Å². The lowest BCUT2D eigenvalue weighted by Crippen LogP contribution is -2.68. The van der Waals surface area contributed by atoms with E-state index in [0.717, 1.165) is 0 Å². The van der Waals surface area contributed by atoms with Crippen LogP contribution >= 0.6 is 0 Å². The Bertz CT molecular complexity index is 652. The zero-order valence-corrected chi connectivity index (χ0v) is 15.5. The Kier molecular flexibility index (Phi) is 4.72. The van der Waals surface area contributed by atoms with Gasteiger partial charge in [-0.3, -0.25) is 4.79 Å². The van der Waals surface area contributed by atoms with Gasteiger partial charge in [0.1, 0.15) is 12.7 Å². The number of benzene rings is 2. The van der Waals surface area contributed by atoms with Crippen LogP contribution in [0.5, 0.6) is 0 Å². The molecule has 4 heteroatoms. The molecule has 1 fully saturated rings. The normalized spacial score (nSPS) is 18.8. The fourth-order valence-corrected chi connectivity index (χ4v) is 8.10. The summed E-state index contributed by atoms with van der Waals surface area (Å²) in [6.45, 7) is 7.13. The van der Waals surface area contributed by atoms with Crippen LogP contribution in [0.25, 0.3) is 0 Å². The number of carbonyl (C=O) groups is 1. The molecule has 2 aromatic rings. The second-order valence-corrected chi connectivity index (χ2v) is 11.5. The Hall–Kier alpha value is -1.75. The fourth-order valence-electron chi connectivity index (χ4n) is 3.46. The Balaban J connectivity index is 2.19. The van der Waals surface area contributed by atoms with Crippen molar-refractivity contribution < 1.29 is 14.0 Å². The summed E-state index contributed by atoms with van der Waals surface area (Å²) in [5, 5.41) is 2.24. The molecule has 3 nitrogen and oxygen atoms in total. The molecule has 1 unspecified atom stereocenters. The number of hydrogen-bond acceptors (Lipinski definition) is 3. The van der Waals surface area contributed by atoms with Gasteiger partial charge in [-0.05, 0) is 15.4 Å². The Morgan fingerprint density at radius 1 is 0.958 bits per heavy atom. The molecule has 3 rings (SSSR count). The largest absolute Gasteiger partial charge is 0.395 e. The Labute approximate surface area is 144 Å². The molecule has 0 bridgehead atoms. The van der Waals surface area contributed by atoms with Gasteiger partial charge in [0.15, 0.2) is 5.78 Å². The average molecular weight is 340 g/mol. The molecule has 0 spiro atoms. The molecule has 0 amide bonds. The third-order valence-electron chi connectivity index (χ3n) is 4.61. The zero-order valence-electron chi connectivity index (χ0n) is 14.5. The van der Waals surface area contributed by atoms with Crippen LogP contribution in [-0.4, -0.2) is 33.4 Å². The van der Waals surface area contributed by atoms with E-state index in [1.54, 1.807) is 0 Å². The van der Waals surface area contributed by atoms with Crippen LogP contribution in [0.3, 0.4) is 0 Å². The maximum atomic E-state index is 12.2. The lowest BCUT2D eigenvalue weighted by molar-refractivity contribution is -0.122. The Morgan fingerprint density at radius 2 is 1.46 bits per heavy atom. The van der Waals surface area contributed by atoms with E-state index in [1.807, 2.05) is 36.4 Å². The highest BCUT2D eigenvalue weighted by molar-refractivity contribution is 6.99. The SMILES string of the molecule is CC(C)(C)[Si](OC1COCC1=O)(c1ccccc1)c1ccccc1. The molecule has 126 valence electrons. The lowest BCUT2D eigenvalue weighted by atomic mass is 10.2. The summed E-state index contributed by atoms with van der Waals surface area (Å²) in [6.07, 6.45) is -0.476. The van der Waals surface area contributed by atoms with Crippen LogP contribution in [0.2, 0.25) is 5.04 Å². The molecule has 0 radical (unpaired) electrons. The van der Waals surface area contributed by atoms with Crippen molar-refractivity contribution in [1.82, 2.24) is 0 Å². The first-order valence-electron chi connectivity index (χ1n) is 8.34. The van der Waals surface area contributed by atoms with Gasteiger partial charge >= 0.3 is 0 Å². The van der Waals surface area contributed by atoms with Crippen molar-refractivity contribution in [2.45, 2.75) is 31.9 Å². The fraction of sp³-hybridized carbons (Fsp3) is 0.350. The van der Waals surface area contributed by atoms with Crippen molar-refractivity contribution in [2.24, 2.45) is 0 Å². The highest BCUT2D eigenvalue weighted by Gasteiger charge is 2.52. The van der Waals surface area contributed by atoms with Crippen LogP contribution in [0, 0.1) is 0 Å². The van der Waals surface area contributed by atoms with Gasteiger partial charge in [-0.25, -0.2) is 0 Å². The first-order chi connectivity index (χ1) is 11.4. The van der Waals surface area contributed by atoms with Crippen molar-refractivity contribution in [3.63, 3.8) is 0 Å². The van der Waals surface area contributed by atoms with Crippen LogP contribution in [-0.2, 0) is 14.0 Å². The van der Waals surface area contributed by atoms with Gasteiger partial charge in [0.25, 0.3) is 8.32 Å². The van der Waals surface area contributed by atoms with E-state index in [2.05, 4.69) is 45.0 Å². The molecule has 0 N–H and O–H groups in total. The summed E-state index contributed by atoms with van der Waals surface area (Å²) in [5.41, 5.74) is 0. The van der Waals surface area contributed by atoms with E-state index in [-0.39, 0.29) is 17.4 Å². The maximum Gasteiger partial charge on any atom is 0.262 e. The third kappa shape index (κ3) is 2.97. The van der Waals surface area contributed by atoms with E-state index in [9.17, 15) is 4.79 Å². The van der Waals surface area contributed by atoms with Crippen LogP contribution in [0.1, 0.15) is 20.8 Å². The quantitative estimate of drug-likeness (QED) is 0.803. The van der Waals surface area contributed by atoms with E-state index in [4.69, 9.17) is 9.16 Å². The van der Waals surface area contributed by atoms with E-state index in [1.165, 1.54) is 10.4 Å². The van der Waals surface area contributed by atoms with E-state index >= 15 is 0 Å². The molecule has 0 aromatic heterocycles. The molecule has 1 aliphatic heterocycles. The highest BCUT2D eigenvalue weighted by Crippen LogP contribution is 2.37. The number of carbonyl (C=O) groups excluding carboxylic acids is 1. The molecular weight excluding hydrogens is 316 g/mol. The van der Waals surface area contributed by atoms with E-state index in [0.29, 0.717) is 6.61 Å². The van der Waals surface area contributed by atoms with Gasteiger partial charge in [0.2, 0.25) is 0 Å². The minimum atomic E-state index is -2.66. The Morgan fingerprint density at radius 3 is 1.83 bits per heavy atom. The van der Waals surface area contributed by atoms with Gasteiger partial charge in [-0.1, -0.05) is 81.4 Å². The van der Waals surface area contributed by atoms with Crippen LogP contribution in [0.15, 0.2) is 60.7 Å². The van der Waals surface area contributed by atoms with Crippen molar-refractivity contribution >= 4 is 24.5 Å². The molecular formula is C20H24O3Si. The zero-order chi connectivity index (χ0) is 17.2. The van der Waals surface area contributed by atoms with Gasteiger partial charge in [-0.2, -0.15) is 0 Å². The molecule has 0 aliphatic carbocycles. The summed E-state index contributed by atoms with van der Waals surface area (Å²) in [5.74, 6) is 0.0444. The molecule has 24 heavy (non-hydrogen) atoms. The van der Waals surface area contributed by atoms with Gasteiger partial charge in [-0.15, -0.1) is 0 Å². The van der Waals surface area contributed by atoms with Crippen LogP contribution in [0.4, 0.5) is 0 Å². The first kappa shape index (κ1) is 17.1. The number of hydrogen-bond donors (Lipinski definition) is 0. The second kappa shape index (κ2) is 6.63. The minimum absolute atomic E-state index is 0.0444. The predicted octanol–water partition coefficient (Wildman–Crippen LogP) is 2.53. The maximum absolute atomic E-state index is 12.2. The summed E-state index contributed by atoms with van der Waals surface area (Å²) in [7, 11) is -2.66. The summed E-state index contributed by atoms with van der Waals surface area (Å²) in [6, 6.07) is 20.7. The molecule has 2 aromatic carbocycles. The summed E-state index contributed by atoms with van der Waals surface area (Å²) >= 11 is 0. The van der Waals surface area contributed by atoms with Gasteiger partial charge in [0, 0.05) is 0 Å². The molecule has 1 saturated heterocycles. The van der Waals surface area contributed by atoms with Crippen molar-refractivity contribution in [1.29, 1.82) is 0 Å². The van der Waals surface area contributed by atoms with Gasteiger partial charge in [0.05, 0.1) is 6.61 Å². The third-order valence-corrected chi connectivity index (χ3v) is 9.65. The second-order valence-electron chi connectivity index (χ2n) is 7.25. The molecule has 0 saturated carbocycles. The monoisotopic (exact) mass is 340 g/mol. The summed E-state index contributed by atoms with van der Waals surface area (Å²) in [4.78, 5) is 12.2. The number of ketones is 1. The number of ether oxygens (including phenoxy) is 1.